The molecule has 0 unspecified atom stereocenters. The summed E-state index contributed by atoms with van der Waals surface area (Å²) in [7, 11) is 0. The van der Waals surface area contributed by atoms with Crippen molar-refractivity contribution in [2.75, 3.05) is 6.61 Å². The van der Waals surface area contributed by atoms with Gasteiger partial charge in [0.15, 0.2) is 0 Å². The van der Waals surface area contributed by atoms with E-state index in [-0.39, 0.29) is 0 Å². The van der Waals surface area contributed by atoms with Crippen molar-refractivity contribution in [2.24, 2.45) is 0 Å². The fraction of sp³-hybridized carbons (Fsp3) is 0.909. The summed E-state index contributed by atoms with van der Waals surface area (Å²) in [6.45, 7) is 6.84. The highest BCUT2D eigenvalue weighted by atomic mass is 16.5. The molecular weight excluding hydrogens is 164 g/mol. The topological polar surface area (TPSA) is 26.3 Å². The van der Waals surface area contributed by atoms with Gasteiger partial charge in [-0.15, -0.1) is 0 Å². The van der Waals surface area contributed by atoms with Crippen LogP contribution in [0.15, 0.2) is 0 Å². The summed E-state index contributed by atoms with van der Waals surface area (Å²) in [6, 6.07) is 0. The zero-order chi connectivity index (χ0) is 10.1. The molecule has 0 amide bonds. The predicted molar refractivity (Wildman–Crippen MR) is 54.9 cm³/mol. The number of hydrogen-bond donors (Lipinski definition) is 0. The molecule has 0 heterocycles. The van der Waals surface area contributed by atoms with E-state index in [0.717, 1.165) is 32.3 Å². The van der Waals surface area contributed by atoms with Crippen LogP contribution in [0.25, 0.3) is 0 Å². The Balaban J connectivity index is 3.04. The Bertz CT molecular complexity index is 130. The highest BCUT2D eigenvalue weighted by molar-refractivity contribution is 5.77. The molecule has 13 heavy (non-hydrogen) atoms. The van der Waals surface area contributed by atoms with Crippen molar-refractivity contribution in [2.45, 2.75) is 59.0 Å². The van der Waals surface area contributed by atoms with Gasteiger partial charge in [-0.1, -0.05) is 13.3 Å². The lowest BCUT2D eigenvalue weighted by Crippen LogP contribution is -2.03. The van der Waals surface area contributed by atoms with Gasteiger partial charge in [-0.25, -0.2) is 0 Å². The molecule has 2 nitrogen and oxygen atoms in total. The van der Waals surface area contributed by atoms with Gasteiger partial charge in [0.2, 0.25) is 0 Å². The average molecular weight is 186 g/mol. The Labute approximate surface area is 81.7 Å². The molecule has 0 spiro atoms. The number of rotatable bonds is 8. The number of ketones is 1. The van der Waals surface area contributed by atoms with Crippen molar-refractivity contribution in [1.29, 1.82) is 0 Å². The molecule has 0 rings (SSSR count). The summed E-state index contributed by atoms with van der Waals surface area (Å²) in [6.07, 6.45) is 4.97. The Morgan fingerprint density at radius 2 is 1.92 bits per heavy atom. The van der Waals surface area contributed by atoms with E-state index in [9.17, 15) is 4.79 Å². The minimum Gasteiger partial charge on any atom is -0.379 e. The second-order valence-corrected chi connectivity index (χ2v) is 3.62. The van der Waals surface area contributed by atoms with Gasteiger partial charge >= 0.3 is 0 Å². The normalized spacial score (nSPS) is 10.8. The molecule has 0 aromatic rings. The SMILES string of the molecule is CCC(=O)CCCCCOC(C)C. The Morgan fingerprint density at radius 1 is 1.23 bits per heavy atom. The molecule has 0 aliphatic rings. The Morgan fingerprint density at radius 3 is 2.46 bits per heavy atom. The minimum absolute atomic E-state index is 0.331. The molecule has 0 aliphatic heterocycles. The van der Waals surface area contributed by atoms with Crippen molar-refractivity contribution in [3.8, 4) is 0 Å². The van der Waals surface area contributed by atoms with Gasteiger partial charge in [-0.2, -0.15) is 0 Å². The van der Waals surface area contributed by atoms with E-state index in [2.05, 4.69) is 0 Å². The first-order chi connectivity index (χ1) is 6.16. The van der Waals surface area contributed by atoms with Crippen LogP contribution < -0.4 is 0 Å². The molecule has 0 aromatic carbocycles. The predicted octanol–water partition coefficient (Wildman–Crippen LogP) is 2.95. The number of carbonyl (C=O) groups is 1. The summed E-state index contributed by atoms with van der Waals surface area (Å²) in [5.74, 6) is 0.379. The van der Waals surface area contributed by atoms with Gasteiger partial charge in [0.1, 0.15) is 5.78 Å². The first-order valence-electron chi connectivity index (χ1n) is 5.30. The lowest BCUT2D eigenvalue weighted by atomic mass is 10.1. The molecular formula is C11H22O2. The van der Waals surface area contributed by atoms with Crippen molar-refractivity contribution >= 4 is 5.78 Å². The largest absolute Gasteiger partial charge is 0.379 e. The van der Waals surface area contributed by atoms with Crippen LogP contribution >= 0.6 is 0 Å². The zero-order valence-electron chi connectivity index (χ0n) is 9.14. The highest BCUT2D eigenvalue weighted by Crippen LogP contribution is 2.03. The van der Waals surface area contributed by atoms with Gasteiger partial charge in [0.25, 0.3) is 0 Å². The average Bonchev–Trinajstić information content (AvgIpc) is 2.10. The van der Waals surface area contributed by atoms with Crippen LogP contribution in [0.5, 0.6) is 0 Å². The molecule has 0 radical (unpaired) electrons. The number of Topliss-reactive ketones (excluding diaryl/α,β-unsaturated/α-hetero) is 1. The third-order valence-corrected chi connectivity index (χ3v) is 1.95. The molecule has 0 aliphatic carbocycles. The first-order valence-corrected chi connectivity index (χ1v) is 5.30. The lowest BCUT2D eigenvalue weighted by Gasteiger charge is -2.06. The molecule has 0 bridgehead atoms. The van der Waals surface area contributed by atoms with E-state index in [0.29, 0.717) is 18.3 Å². The Kier molecular flexibility index (Phi) is 8.00. The number of carbonyl (C=O) groups excluding carboxylic acids is 1. The maximum Gasteiger partial charge on any atom is 0.132 e. The first kappa shape index (κ1) is 12.6. The number of unbranched alkanes of at least 4 members (excludes halogenated alkanes) is 2. The quantitative estimate of drug-likeness (QED) is 0.545. The maximum atomic E-state index is 10.9. The Hall–Kier alpha value is -0.370. The van der Waals surface area contributed by atoms with Crippen LogP contribution in [-0.2, 0) is 9.53 Å². The van der Waals surface area contributed by atoms with E-state index in [1.54, 1.807) is 0 Å². The van der Waals surface area contributed by atoms with Crippen molar-refractivity contribution in [1.82, 2.24) is 0 Å². The van der Waals surface area contributed by atoms with E-state index in [1.165, 1.54) is 0 Å². The molecule has 78 valence electrons. The third-order valence-electron chi connectivity index (χ3n) is 1.95. The van der Waals surface area contributed by atoms with Crippen molar-refractivity contribution in [3.63, 3.8) is 0 Å². The molecule has 0 atom stereocenters. The molecule has 0 saturated heterocycles. The van der Waals surface area contributed by atoms with Gasteiger partial charge in [0.05, 0.1) is 6.10 Å². The summed E-state index contributed by atoms with van der Waals surface area (Å²) >= 11 is 0. The summed E-state index contributed by atoms with van der Waals surface area (Å²) < 4.78 is 5.39. The van der Waals surface area contributed by atoms with E-state index in [4.69, 9.17) is 4.74 Å². The van der Waals surface area contributed by atoms with Crippen LogP contribution in [0.4, 0.5) is 0 Å². The van der Waals surface area contributed by atoms with Crippen molar-refractivity contribution < 1.29 is 9.53 Å². The van der Waals surface area contributed by atoms with Gasteiger partial charge in [0, 0.05) is 19.4 Å². The smallest absolute Gasteiger partial charge is 0.132 e. The lowest BCUT2D eigenvalue weighted by molar-refractivity contribution is -0.118. The fourth-order valence-corrected chi connectivity index (χ4v) is 1.10. The fourth-order valence-electron chi connectivity index (χ4n) is 1.10. The van der Waals surface area contributed by atoms with Gasteiger partial charge in [-0.05, 0) is 26.7 Å². The number of hydrogen-bond acceptors (Lipinski definition) is 2. The maximum absolute atomic E-state index is 10.9. The van der Waals surface area contributed by atoms with Crippen LogP contribution in [0.2, 0.25) is 0 Å². The third kappa shape index (κ3) is 9.54. The highest BCUT2D eigenvalue weighted by Gasteiger charge is 1.98. The summed E-state index contributed by atoms with van der Waals surface area (Å²) in [5, 5.41) is 0. The molecule has 0 N–H and O–H groups in total. The minimum atomic E-state index is 0.331. The second kappa shape index (κ2) is 8.24. The van der Waals surface area contributed by atoms with E-state index < -0.39 is 0 Å². The van der Waals surface area contributed by atoms with E-state index in [1.807, 2.05) is 20.8 Å². The second-order valence-electron chi connectivity index (χ2n) is 3.62. The van der Waals surface area contributed by atoms with Crippen LogP contribution in [0, 0.1) is 0 Å². The standard InChI is InChI=1S/C11H22O2/c1-4-11(12)8-6-5-7-9-13-10(2)3/h10H,4-9H2,1-3H3. The van der Waals surface area contributed by atoms with Crippen LogP contribution in [0.3, 0.4) is 0 Å². The van der Waals surface area contributed by atoms with Gasteiger partial charge < -0.3 is 4.74 Å². The van der Waals surface area contributed by atoms with Gasteiger partial charge in [-0.3, -0.25) is 4.79 Å². The molecule has 2 heteroatoms. The summed E-state index contributed by atoms with van der Waals surface area (Å²) in [5.41, 5.74) is 0. The van der Waals surface area contributed by atoms with Crippen molar-refractivity contribution in [3.05, 3.63) is 0 Å². The molecule has 0 fully saturated rings. The van der Waals surface area contributed by atoms with E-state index >= 15 is 0 Å². The number of ether oxygens (including phenoxy) is 1. The van der Waals surface area contributed by atoms with Crippen LogP contribution in [-0.4, -0.2) is 18.5 Å². The van der Waals surface area contributed by atoms with Crippen LogP contribution in [0.1, 0.15) is 52.9 Å². The monoisotopic (exact) mass is 186 g/mol. The molecule has 0 aromatic heterocycles. The zero-order valence-corrected chi connectivity index (χ0v) is 9.14. The molecule has 0 saturated carbocycles. The summed E-state index contributed by atoms with van der Waals surface area (Å²) in [4.78, 5) is 10.9.